The molecule has 0 N–H and O–H groups in total. The van der Waals surface area contributed by atoms with Gasteiger partial charge in [0.15, 0.2) is 5.76 Å². The Morgan fingerprint density at radius 1 is 1.12 bits per heavy atom. The molecule has 0 unspecified atom stereocenters. The Balaban J connectivity index is 1.60. The molecular formula is C19H21N3O8S2. The number of hydrogen-bond acceptors (Lipinski definition) is 8. The van der Waals surface area contributed by atoms with Gasteiger partial charge >= 0.3 is 0 Å². The number of benzene rings is 1. The Labute approximate surface area is 185 Å². The van der Waals surface area contributed by atoms with Crippen molar-refractivity contribution in [2.75, 3.05) is 43.3 Å². The van der Waals surface area contributed by atoms with Gasteiger partial charge in [-0.15, -0.1) is 0 Å². The molecule has 4 rings (SSSR count). The largest absolute Gasteiger partial charge is 0.495 e. The van der Waals surface area contributed by atoms with E-state index in [2.05, 4.69) is 0 Å². The van der Waals surface area contributed by atoms with Crippen molar-refractivity contribution < 1.29 is 35.6 Å². The molecule has 11 nitrogen and oxygen atoms in total. The van der Waals surface area contributed by atoms with Gasteiger partial charge in [0.05, 0.1) is 24.8 Å². The first-order chi connectivity index (χ1) is 15.1. The van der Waals surface area contributed by atoms with Crippen LogP contribution < -0.4 is 9.04 Å². The van der Waals surface area contributed by atoms with Gasteiger partial charge in [0.2, 0.25) is 26.0 Å². The molecule has 2 aromatic rings. The highest BCUT2D eigenvalue weighted by Crippen LogP contribution is 2.34. The van der Waals surface area contributed by atoms with Crippen molar-refractivity contribution in [2.24, 2.45) is 0 Å². The molecule has 3 heterocycles. The fourth-order valence-corrected chi connectivity index (χ4v) is 6.74. The number of anilines is 1. The number of piperazine rings is 1. The number of ether oxygens (including phenoxy) is 1. The zero-order valence-electron chi connectivity index (χ0n) is 17.1. The molecule has 0 aliphatic carbocycles. The van der Waals surface area contributed by atoms with Crippen molar-refractivity contribution in [3.63, 3.8) is 0 Å². The Kier molecular flexibility index (Phi) is 5.73. The van der Waals surface area contributed by atoms with Crippen molar-refractivity contribution in [3.8, 4) is 5.75 Å². The SMILES string of the molecule is COc1ccc(N2C(=O)CCS2(=O)=O)cc1S(=O)(=O)N1CCN(C(=O)c2ccco2)CC1. The second-order valence-corrected chi connectivity index (χ2v) is 11.1. The first kappa shape index (κ1) is 22.3. The predicted molar refractivity (Wildman–Crippen MR) is 112 cm³/mol. The number of nitrogens with zero attached hydrogens (tertiary/aromatic N) is 3. The molecule has 0 spiro atoms. The van der Waals surface area contributed by atoms with Crippen molar-refractivity contribution in [1.29, 1.82) is 0 Å². The summed E-state index contributed by atoms with van der Waals surface area (Å²) in [6.07, 6.45) is 1.22. The first-order valence-electron chi connectivity index (χ1n) is 9.72. The van der Waals surface area contributed by atoms with Gasteiger partial charge in [0.1, 0.15) is 10.6 Å². The Morgan fingerprint density at radius 3 is 2.41 bits per heavy atom. The molecule has 2 saturated heterocycles. The van der Waals surface area contributed by atoms with E-state index in [1.165, 1.54) is 40.8 Å². The lowest BCUT2D eigenvalue weighted by molar-refractivity contribution is -0.116. The highest BCUT2D eigenvalue weighted by atomic mass is 32.2. The minimum absolute atomic E-state index is 0.0203. The molecule has 1 aromatic carbocycles. The third kappa shape index (κ3) is 3.87. The summed E-state index contributed by atoms with van der Waals surface area (Å²) in [7, 11) is -6.66. The molecule has 2 aliphatic heterocycles. The maximum Gasteiger partial charge on any atom is 0.289 e. The fourth-order valence-electron chi connectivity index (χ4n) is 3.69. The van der Waals surface area contributed by atoms with Crippen LogP contribution in [-0.2, 0) is 24.8 Å². The normalized spacial score (nSPS) is 19.3. The van der Waals surface area contributed by atoms with Gasteiger partial charge in [-0.1, -0.05) is 0 Å². The molecule has 2 amide bonds. The third-order valence-corrected chi connectivity index (χ3v) is 8.95. The van der Waals surface area contributed by atoms with E-state index in [9.17, 15) is 26.4 Å². The lowest BCUT2D eigenvalue weighted by Gasteiger charge is -2.33. The molecule has 32 heavy (non-hydrogen) atoms. The number of sulfonamides is 2. The smallest absolute Gasteiger partial charge is 0.289 e. The standard InChI is InChI=1S/C19H21N3O8S2/c1-29-15-5-4-14(22-18(23)6-12-31(22,25)26)13-17(15)32(27,28)21-9-7-20(8-10-21)19(24)16-3-2-11-30-16/h2-5,11,13H,6-10,12H2,1H3. The van der Waals surface area contributed by atoms with Crippen molar-refractivity contribution in [1.82, 2.24) is 9.21 Å². The number of rotatable bonds is 5. The van der Waals surface area contributed by atoms with Crippen LogP contribution in [0.5, 0.6) is 5.75 Å². The summed E-state index contributed by atoms with van der Waals surface area (Å²) in [6.45, 7) is 0.367. The fraction of sp³-hybridized carbons (Fsp3) is 0.368. The van der Waals surface area contributed by atoms with Crippen LogP contribution in [-0.4, -0.2) is 76.9 Å². The van der Waals surface area contributed by atoms with Crippen LogP contribution in [0.25, 0.3) is 0 Å². The minimum Gasteiger partial charge on any atom is -0.495 e. The maximum atomic E-state index is 13.4. The second kappa shape index (κ2) is 8.22. The molecule has 172 valence electrons. The number of carbonyl (C=O) groups is 2. The lowest BCUT2D eigenvalue weighted by Crippen LogP contribution is -2.50. The zero-order valence-corrected chi connectivity index (χ0v) is 18.8. The van der Waals surface area contributed by atoms with Crippen LogP contribution in [0.2, 0.25) is 0 Å². The third-order valence-electron chi connectivity index (χ3n) is 5.34. The number of amides is 2. The van der Waals surface area contributed by atoms with E-state index in [4.69, 9.17) is 9.15 Å². The molecule has 0 atom stereocenters. The van der Waals surface area contributed by atoms with Crippen molar-refractivity contribution >= 4 is 37.5 Å². The van der Waals surface area contributed by atoms with E-state index in [0.717, 1.165) is 6.07 Å². The zero-order chi connectivity index (χ0) is 23.1. The van der Waals surface area contributed by atoms with Gasteiger partial charge in [0.25, 0.3) is 5.91 Å². The highest BCUT2D eigenvalue weighted by molar-refractivity contribution is 7.94. The average molecular weight is 484 g/mol. The van der Waals surface area contributed by atoms with E-state index >= 15 is 0 Å². The van der Waals surface area contributed by atoms with Crippen molar-refractivity contribution in [2.45, 2.75) is 11.3 Å². The summed E-state index contributed by atoms with van der Waals surface area (Å²) in [5.41, 5.74) is -0.0569. The van der Waals surface area contributed by atoms with Crippen LogP contribution in [0, 0.1) is 0 Å². The number of carbonyl (C=O) groups excluding carboxylic acids is 2. The van der Waals surface area contributed by atoms with E-state index < -0.39 is 26.0 Å². The van der Waals surface area contributed by atoms with Gasteiger partial charge in [0, 0.05) is 32.6 Å². The van der Waals surface area contributed by atoms with Crippen LogP contribution in [0.4, 0.5) is 5.69 Å². The van der Waals surface area contributed by atoms with Crippen molar-refractivity contribution in [3.05, 3.63) is 42.4 Å². The number of methoxy groups -OCH3 is 1. The van der Waals surface area contributed by atoms with E-state index in [1.54, 1.807) is 6.07 Å². The van der Waals surface area contributed by atoms with E-state index in [0.29, 0.717) is 4.31 Å². The molecule has 0 bridgehead atoms. The summed E-state index contributed by atoms with van der Waals surface area (Å²) in [5.74, 6) is -1.09. The number of hydrogen-bond donors (Lipinski definition) is 0. The quantitative estimate of drug-likeness (QED) is 0.600. The molecule has 1 aromatic heterocycles. The average Bonchev–Trinajstić information content (AvgIpc) is 3.41. The monoisotopic (exact) mass is 483 g/mol. The molecule has 0 saturated carbocycles. The van der Waals surface area contributed by atoms with Crippen LogP contribution in [0.3, 0.4) is 0 Å². The van der Waals surface area contributed by atoms with Gasteiger partial charge < -0.3 is 14.1 Å². The molecule has 2 aliphatic rings. The molecule has 13 heteroatoms. The summed E-state index contributed by atoms with van der Waals surface area (Å²) < 4.78 is 63.3. The summed E-state index contributed by atoms with van der Waals surface area (Å²) in [5, 5.41) is 0. The Morgan fingerprint density at radius 2 is 1.84 bits per heavy atom. The minimum atomic E-state index is -4.10. The molecule has 2 fully saturated rings. The van der Waals surface area contributed by atoms with Gasteiger partial charge in [-0.2, -0.15) is 4.31 Å². The van der Waals surface area contributed by atoms with Gasteiger partial charge in [-0.3, -0.25) is 9.59 Å². The summed E-state index contributed by atoms with van der Waals surface area (Å²) >= 11 is 0. The number of furan rings is 1. The van der Waals surface area contributed by atoms with Crippen LogP contribution in [0.15, 0.2) is 45.9 Å². The summed E-state index contributed by atoms with van der Waals surface area (Å²) in [6, 6.07) is 6.92. The first-order valence-corrected chi connectivity index (χ1v) is 12.8. The highest BCUT2D eigenvalue weighted by Gasteiger charge is 2.38. The second-order valence-electron chi connectivity index (χ2n) is 7.23. The van der Waals surface area contributed by atoms with Crippen LogP contribution >= 0.6 is 0 Å². The Hall–Kier alpha value is -2.90. The van der Waals surface area contributed by atoms with E-state index in [1.807, 2.05) is 0 Å². The Bertz CT molecular complexity index is 1250. The summed E-state index contributed by atoms with van der Waals surface area (Å²) in [4.78, 5) is 25.8. The van der Waals surface area contributed by atoms with E-state index in [-0.39, 0.29) is 66.4 Å². The van der Waals surface area contributed by atoms with Gasteiger partial charge in [-0.05, 0) is 30.3 Å². The predicted octanol–water partition coefficient (Wildman–Crippen LogP) is 0.501. The molecular weight excluding hydrogens is 462 g/mol. The topological polar surface area (TPSA) is 135 Å². The lowest BCUT2D eigenvalue weighted by atomic mass is 10.3. The van der Waals surface area contributed by atoms with Crippen LogP contribution in [0.1, 0.15) is 17.0 Å². The molecule has 0 radical (unpaired) electrons. The van der Waals surface area contributed by atoms with Gasteiger partial charge in [-0.25, -0.2) is 21.1 Å². The maximum absolute atomic E-state index is 13.4.